The number of carboxylic acids is 3. The molecule has 0 saturated heterocycles. The zero-order valence-electron chi connectivity index (χ0n) is 63.8. The number of aryl methyl sites for hydroxylation is 12. The molecule has 10 aromatic carbocycles. The van der Waals surface area contributed by atoms with Gasteiger partial charge in [0.05, 0.1) is 21.3 Å². The van der Waals surface area contributed by atoms with Crippen molar-refractivity contribution in [2.75, 3.05) is 41.2 Å². The van der Waals surface area contributed by atoms with E-state index >= 15 is 0 Å². The Morgan fingerprint density at radius 2 is 0.505 bits per heavy atom. The zero-order valence-corrected chi connectivity index (χ0v) is 63.8. The van der Waals surface area contributed by atoms with Crippen molar-refractivity contribution in [3.63, 3.8) is 0 Å². The summed E-state index contributed by atoms with van der Waals surface area (Å²) in [6, 6.07) is 40.8. The summed E-state index contributed by atoms with van der Waals surface area (Å²) in [7, 11) is 4.41. The maximum Gasteiger partial charge on any atom is 0.341 e. The highest BCUT2D eigenvalue weighted by Crippen LogP contribution is 2.55. The Morgan fingerprint density at radius 1 is 0.290 bits per heavy atom. The minimum atomic E-state index is -1.43. The SMILES string of the molecule is COc1cc(C(C)(C)c2ccc(C(C)(c3cc(OC)c(OCC(=O)O)c(C(c4cc(C)c(O)cc4C)c4cc(C)c(O)cc4C)c3)c3cc(OC)c(OCC(=O)O)c(C(c4cc(C)c(O)cc4C)c4cc(C)c(O)cc4C)c3)cc2)cc(C(c2cc(C)c(O)cc2C)c2cc(C)c(O)cc2C)c1OCC(=O)O. The van der Waals surface area contributed by atoms with Crippen molar-refractivity contribution < 1.29 is 88.8 Å². The van der Waals surface area contributed by atoms with Gasteiger partial charge in [-0.25, -0.2) is 14.4 Å². The van der Waals surface area contributed by atoms with Gasteiger partial charge >= 0.3 is 17.9 Å². The average Bonchev–Trinajstić information content (AvgIpc) is 0.730. The van der Waals surface area contributed by atoms with E-state index in [0.717, 1.165) is 33.4 Å². The highest BCUT2D eigenvalue weighted by molar-refractivity contribution is 5.73. The van der Waals surface area contributed by atoms with Crippen molar-refractivity contribution in [3.05, 3.63) is 278 Å². The number of hydrogen-bond acceptors (Lipinski definition) is 15. The van der Waals surface area contributed by atoms with Gasteiger partial charge in [0.15, 0.2) is 54.3 Å². The second-order valence-corrected chi connectivity index (χ2v) is 28.9. The third-order valence-electron chi connectivity index (χ3n) is 21.3. The summed E-state index contributed by atoms with van der Waals surface area (Å²) in [5, 5.41) is 98.5. The van der Waals surface area contributed by atoms with Crippen LogP contribution in [0.25, 0.3) is 0 Å². The van der Waals surface area contributed by atoms with Crippen molar-refractivity contribution in [1.29, 1.82) is 0 Å². The molecule has 0 radical (unpaired) electrons. The molecular weight excluding hydrogens is 1360 g/mol. The largest absolute Gasteiger partial charge is 0.508 e. The fourth-order valence-electron chi connectivity index (χ4n) is 15.0. The van der Waals surface area contributed by atoms with Gasteiger partial charge in [-0.2, -0.15) is 0 Å². The smallest absolute Gasteiger partial charge is 0.341 e. The van der Waals surface area contributed by atoms with Crippen molar-refractivity contribution >= 4 is 17.9 Å². The van der Waals surface area contributed by atoms with Crippen molar-refractivity contribution in [1.82, 2.24) is 0 Å². The maximum atomic E-state index is 12.8. The normalized spacial score (nSPS) is 11.7. The van der Waals surface area contributed by atoms with E-state index in [-0.39, 0.29) is 69.0 Å². The standard InChI is InChI=1S/C89H94O18/c1-44-29-70(90)50(7)23-61(44)82(62-24-51(8)71(91)30-45(62)2)67-35-58(38-76(102-16)85(67)105-41-79(96)97)88(13,14)56-19-21-57(22-20-56)89(15,59-36-68(86(77(39-59)103-17)106-42-80(98)99)83(63-25-52(9)72(92)31-46(63)3)64-26-53(10)73(93)32-47(64)4)60-37-69(87(78(40-60)104-18)107-43-81(100)101)84(65-27-54(11)74(94)33-48(65)5)66-28-55(12)75(95)34-49(66)6/h19-40,82-84,90-95H,41-43H2,1-18H3,(H,96,97)(H,98,99)(H,100,101). The summed E-state index contributed by atoms with van der Waals surface area (Å²) in [5.74, 6) is -4.84. The van der Waals surface area contributed by atoms with Crippen LogP contribution in [0.4, 0.5) is 0 Å². The van der Waals surface area contributed by atoms with Gasteiger partial charge < -0.3 is 74.4 Å². The molecule has 9 N–H and O–H groups in total. The Kier molecular flexibility index (Phi) is 22.3. The Labute approximate surface area is 624 Å². The molecule has 0 unspecified atom stereocenters. The fraction of sp³-hybridized carbons (Fsp3) is 0.292. The first-order chi connectivity index (χ1) is 50.4. The number of rotatable bonds is 26. The number of phenolic OH excluding ortho intramolecular Hbond substituents is 6. The molecule has 0 aliphatic heterocycles. The number of phenols is 6. The third-order valence-corrected chi connectivity index (χ3v) is 21.3. The van der Waals surface area contributed by atoms with Gasteiger partial charge in [0, 0.05) is 45.3 Å². The van der Waals surface area contributed by atoms with E-state index in [0.29, 0.717) is 111 Å². The number of aromatic hydroxyl groups is 6. The molecule has 0 amide bonds. The van der Waals surface area contributed by atoms with Gasteiger partial charge in [-0.1, -0.05) is 74.5 Å². The Bertz CT molecular complexity index is 4790. The van der Waals surface area contributed by atoms with E-state index in [9.17, 15) is 60.3 Å². The van der Waals surface area contributed by atoms with Gasteiger partial charge in [-0.05, 0) is 291 Å². The molecular formula is C89H94O18. The molecule has 0 saturated carbocycles. The molecule has 10 aromatic rings. The quantitative estimate of drug-likeness (QED) is 0.0228. The molecule has 0 aromatic heterocycles. The summed E-state index contributed by atoms with van der Waals surface area (Å²) in [4.78, 5) is 38.1. The lowest BCUT2D eigenvalue weighted by molar-refractivity contribution is -0.140. The molecule has 18 nitrogen and oxygen atoms in total. The Morgan fingerprint density at radius 3 is 0.729 bits per heavy atom. The van der Waals surface area contributed by atoms with Crippen LogP contribution in [0.3, 0.4) is 0 Å². The molecule has 0 aliphatic carbocycles. The highest BCUT2D eigenvalue weighted by Gasteiger charge is 2.41. The average molecular weight is 1450 g/mol. The molecule has 0 spiro atoms. The van der Waals surface area contributed by atoms with Crippen LogP contribution in [0, 0.1) is 83.1 Å². The first kappa shape index (κ1) is 77.8. The number of ether oxygens (including phenoxy) is 6. The van der Waals surface area contributed by atoms with E-state index in [4.69, 9.17) is 28.4 Å². The van der Waals surface area contributed by atoms with Gasteiger partial charge in [0.2, 0.25) is 0 Å². The Hall–Kier alpha value is -11.8. The predicted molar refractivity (Wildman–Crippen MR) is 411 cm³/mol. The second-order valence-electron chi connectivity index (χ2n) is 28.9. The van der Waals surface area contributed by atoms with E-state index in [1.807, 2.05) is 133 Å². The third kappa shape index (κ3) is 15.2. The highest BCUT2D eigenvalue weighted by atomic mass is 16.5. The minimum absolute atomic E-state index is 0.0506. The molecule has 0 fully saturated rings. The molecule has 10 rings (SSSR count). The summed E-state index contributed by atoms with van der Waals surface area (Å²) in [6.45, 7) is 25.8. The van der Waals surface area contributed by atoms with Gasteiger partial charge in [0.1, 0.15) is 34.5 Å². The number of carbonyl (C=O) groups is 3. The van der Waals surface area contributed by atoms with E-state index in [1.54, 1.807) is 90.1 Å². The monoisotopic (exact) mass is 1450 g/mol. The number of benzene rings is 10. The maximum absolute atomic E-state index is 12.8. The van der Waals surface area contributed by atoms with E-state index in [2.05, 4.69) is 13.8 Å². The van der Waals surface area contributed by atoms with Crippen LogP contribution in [0.1, 0.15) is 183 Å². The topological polar surface area (TPSA) is 289 Å². The lowest BCUT2D eigenvalue weighted by Crippen LogP contribution is -2.28. The summed E-state index contributed by atoms with van der Waals surface area (Å²) in [6.07, 6.45) is 0. The van der Waals surface area contributed by atoms with E-state index in [1.165, 1.54) is 21.3 Å². The Balaban J connectivity index is 1.34. The lowest BCUT2D eigenvalue weighted by Gasteiger charge is -2.37. The first-order valence-corrected chi connectivity index (χ1v) is 35.1. The van der Waals surface area contributed by atoms with Crippen LogP contribution in [-0.2, 0) is 25.2 Å². The first-order valence-electron chi connectivity index (χ1n) is 35.1. The zero-order chi connectivity index (χ0) is 78.3. The number of aliphatic carboxylic acids is 3. The molecule has 0 atom stereocenters. The summed E-state index contributed by atoms with van der Waals surface area (Å²) < 4.78 is 38.3. The molecule has 0 aliphatic rings. The molecule has 0 heterocycles. The van der Waals surface area contributed by atoms with Crippen molar-refractivity contribution in [2.45, 2.75) is 132 Å². The van der Waals surface area contributed by atoms with Gasteiger partial charge in [-0.15, -0.1) is 0 Å². The van der Waals surface area contributed by atoms with Crippen LogP contribution in [0.15, 0.2) is 133 Å². The molecule has 107 heavy (non-hydrogen) atoms. The summed E-state index contributed by atoms with van der Waals surface area (Å²) >= 11 is 0. The van der Waals surface area contributed by atoms with E-state index < -0.39 is 66.3 Å². The molecule has 0 bridgehead atoms. The van der Waals surface area contributed by atoms with Crippen LogP contribution < -0.4 is 28.4 Å². The minimum Gasteiger partial charge on any atom is -0.508 e. The van der Waals surface area contributed by atoms with Crippen LogP contribution in [0.5, 0.6) is 69.0 Å². The molecule has 18 heteroatoms. The number of hydrogen-bond donors (Lipinski definition) is 9. The van der Waals surface area contributed by atoms with Crippen molar-refractivity contribution in [2.24, 2.45) is 0 Å². The molecule has 558 valence electrons. The fourth-order valence-corrected chi connectivity index (χ4v) is 15.0. The van der Waals surface area contributed by atoms with Gasteiger partial charge in [-0.3, -0.25) is 0 Å². The van der Waals surface area contributed by atoms with Crippen LogP contribution in [0.2, 0.25) is 0 Å². The summed E-state index contributed by atoms with van der Waals surface area (Å²) in [5.41, 5.74) is 14.3. The number of methoxy groups -OCH3 is 3. The van der Waals surface area contributed by atoms with Crippen molar-refractivity contribution in [3.8, 4) is 69.0 Å². The predicted octanol–water partition coefficient (Wildman–Crippen LogP) is 17.3. The van der Waals surface area contributed by atoms with Crippen LogP contribution >= 0.6 is 0 Å². The van der Waals surface area contributed by atoms with Gasteiger partial charge in [0.25, 0.3) is 0 Å². The number of carboxylic acid groups (broad SMARTS) is 3. The second kappa shape index (κ2) is 30.7. The lowest BCUT2D eigenvalue weighted by atomic mass is 9.67. The van der Waals surface area contributed by atoms with Crippen LogP contribution in [-0.4, -0.2) is 105 Å².